The number of thioether (sulfide) groups is 1. The molecule has 0 bridgehead atoms. The van der Waals surface area contributed by atoms with Gasteiger partial charge in [0, 0.05) is 30.6 Å². The highest BCUT2D eigenvalue weighted by Gasteiger charge is 2.21. The highest BCUT2D eigenvalue weighted by molar-refractivity contribution is 8.00. The van der Waals surface area contributed by atoms with E-state index in [0.717, 1.165) is 11.3 Å². The predicted octanol–water partition coefficient (Wildman–Crippen LogP) is 3.42. The fraction of sp³-hybridized carbons (Fsp3) is 0.273. The number of ether oxygens (including phenoxy) is 2. The fourth-order valence-electron chi connectivity index (χ4n) is 3.22. The molecular formula is C22H22N4O5S. The van der Waals surface area contributed by atoms with Crippen molar-refractivity contribution in [3.8, 4) is 11.5 Å². The van der Waals surface area contributed by atoms with E-state index in [9.17, 15) is 9.59 Å². The Labute approximate surface area is 189 Å². The maximum Gasteiger partial charge on any atom is 0.256 e. The molecule has 0 saturated carbocycles. The number of pyridine rings is 1. The van der Waals surface area contributed by atoms with Crippen molar-refractivity contribution in [3.05, 3.63) is 59.1 Å². The molecule has 32 heavy (non-hydrogen) atoms. The first-order chi connectivity index (χ1) is 15.4. The van der Waals surface area contributed by atoms with E-state index >= 15 is 0 Å². The lowest BCUT2D eigenvalue weighted by molar-refractivity contribution is -0.113. The van der Waals surface area contributed by atoms with Gasteiger partial charge in [0.15, 0.2) is 11.5 Å². The van der Waals surface area contributed by atoms with Gasteiger partial charge < -0.3 is 24.2 Å². The van der Waals surface area contributed by atoms with Crippen LogP contribution in [0.15, 0.2) is 46.1 Å². The summed E-state index contributed by atoms with van der Waals surface area (Å²) in [6, 6.07) is 8.61. The van der Waals surface area contributed by atoms with Crippen LogP contribution < -0.4 is 14.8 Å². The minimum absolute atomic E-state index is 0.0965. The van der Waals surface area contributed by atoms with Gasteiger partial charge in [-0.2, -0.15) is 0 Å². The molecule has 0 aliphatic carbocycles. The van der Waals surface area contributed by atoms with E-state index in [1.807, 2.05) is 13.8 Å². The second-order valence-electron chi connectivity index (χ2n) is 7.22. The molecule has 0 atom stereocenters. The lowest BCUT2D eigenvalue weighted by atomic mass is 10.2. The van der Waals surface area contributed by atoms with Gasteiger partial charge in [-0.15, -0.1) is 0 Å². The molecular weight excluding hydrogens is 432 g/mol. The van der Waals surface area contributed by atoms with E-state index in [0.29, 0.717) is 40.1 Å². The Morgan fingerprint density at radius 3 is 2.78 bits per heavy atom. The van der Waals surface area contributed by atoms with Crippen LogP contribution in [0.25, 0.3) is 0 Å². The number of carbonyl (C=O) groups is 2. The van der Waals surface area contributed by atoms with E-state index in [1.54, 1.807) is 48.5 Å². The van der Waals surface area contributed by atoms with E-state index < -0.39 is 0 Å². The summed E-state index contributed by atoms with van der Waals surface area (Å²) in [4.78, 5) is 31.4. The Morgan fingerprint density at radius 2 is 2.00 bits per heavy atom. The Balaban J connectivity index is 1.39. The van der Waals surface area contributed by atoms with E-state index in [2.05, 4.69) is 15.5 Å². The molecule has 3 aromatic rings. The van der Waals surface area contributed by atoms with Gasteiger partial charge in [0.25, 0.3) is 5.91 Å². The lowest BCUT2D eigenvalue weighted by Gasteiger charge is -2.18. The molecule has 2 amide bonds. The molecule has 10 heteroatoms. The van der Waals surface area contributed by atoms with Crippen molar-refractivity contribution in [2.24, 2.45) is 0 Å². The van der Waals surface area contributed by atoms with Crippen LogP contribution in [0.4, 0.5) is 5.69 Å². The zero-order valence-corrected chi connectivity index (χ0v) is 18.7. The molecule has 0 unspecified atom stereocenters. The number of hydrogen-bond donors (Lipinski definition) is 1. The fourth-order valence-corrected chi connectivity index (χ4v) is 4.00. The van der Waals surface area contributed by atoms with E-state index in [1.165, 1.54) is 11.8 Å². The summed E-state index contributed by atoms with van der Waals surface area (Å²) in [5, 5.41) is 7.24. The molecule has 2 aromatic heterocycles. The third kappa shape index (κ3) is 4.70. The first kappa shape index (κ1) is 21.7. The number of anilines is 1. The van der Waals surface area contributed by atoms with Crippen molar-refractivity contribution in [1.82, 2.24) is 15.0 Å². The van der Waals surface area contributed by atoms with Crippen LogP contribution in [0, 0.1) is 13.8 Å². The quantitative estimate of drug-likeness (QED) is 0.541. The molecule has 1 N–H and O–H groups in total. The highest BCUT2D eigenvalue weighted by Crippen LogP contribution is 2.34. The average molecular weight is 455 g/mol. The van der Waals surface area contributed by atoms with Gasteiger partial charge >= 0.3 is 0 Å². The zero-order chi connectivity index (χ0) is 22.7. The van der Waals surface area contributed by atoms with Crippen LogP contribution in [0.3, 0.4) is 0 Å². The molecule has 1 aliphatic rings. The number of hydrogen-bond acceptors (Lipinski definition) is 8. The number of carbonyl (C=O) groups excluding carboxylic acids is 2. The predicted molar refractivity (Wildman–Crippen MR) is 118 cm³/mol. The number of benzene rings is 1. The Morgan fingerprint density at radius 1 is 1.19 bits per heavy atom. The molecule has 1 aromatic carbocycles. The maximum absolute atomic E-state index is 13.1. The van der Waals surface area contributed by atoms with Crippen molar-refractivity contribution in [1.29, 1.82) is 0 Å². The molecule has 166 valence electrons. The summed E-state index contributed by atoms with van der Waals surface area (Å²) >= 11 is 1.20. The lowest BCUT2D eigenvalue weighted by Crippen LogP contribution is -2.27. The summed E-state index contributed by atoms with van der Waals surface area (Å²) in [6.07, 6.45) is 1.60. The number of nitrogens with zero attached hydrogens (tertiary/aromatic N) is 3. The van der Waals surface area contributed by atoms with E-state index in [4.69, 9.17) is 14.0 Å². The number of nitrogens with one attached hydrogen (secondary N) is 1. The number of amides is 2. The van der Waals surface area contributed by atoms with Gasteiger partial charge in [0.2, 0.25) is 12.7 Å². The maximum atomic E-state index is 13.1. The van der Waals surface area contributed by atoms with Crippen LogP contribution >= 0.6 is 11.8 Å². The first-order valence-electron chi connectivity index (χ1n) is 9.87. The minimum Gasteiger partial charge on any atom is -0.454 e. The van der Waals surface area contributed by atoms with Crippen LogP contribution in [-0.2, 0) is 11.3 Å². The van der Waals surface area contributed by atoms with Crippen molar-refractivity contribution < 1.29 is 23.6 Å². The van der Waals surface area contributed by atoms with Crippen LogP contribution in [0.5, 0.6) is 11.5 Å². The van der Waals surface area contributed by atoms with Gasteiger partial charge in [0.05, 0.1) is 23.6 Å². The van der Waals surface area contributed by atoms with Crippen molar-refractivity contribution in [3.63, 3.8) is 0 Å². The first-order valence-corrected chi connectivity index (χ1v) is 10.9. The van der Waals surface area contributed by atoms with Gasteiger partial charge in [-0.1, -0.05) is 16.9 Å². The third-order valence-electron chi connectivity index (χ3n) is 4.92. The number of rotatable bonds is 7. The molecule has 9 nitrogen and oxygen atoms in total. The third-order valence-corrected chi connectivity index (χ3v) is 5.93. The van der Waals surface area contributed by atoms with Gasteiger partial charge in [0.1, 0.15) is 10.8 Å². The summed E-state index contributed by atoms with van der Waals surface area (Å²) in [7, 11) is 1.71. The zero-order valence-electron chi connectivity index (χ0n) is 17.9. The second kappa shape index (κ2) is 9.31. The van der Waals surface area contributed by atoms with E-state index in [-0.39, 0.29) is 24.4 Å². The molecule has 4 rings (SSSR count). The summed E-state index contributed by atoms with van der Waals surface area (Å²) in [5.41, 5.74) is 2.67. The molecule has 0 spiro atoms. The number of fused-ring (bicyclic) bond motifs is 1. The Bertz CT molecular complexity index is 1140. The van der Waals surface area contributed by atoms with Crippen LogP contribution in [-0.4, -0.2) is 46.4 Å². The van der Waals surface area contributed by atoms with Crippen molar-refractivity contribution >= 4 is 29.3 Å². The monoisotopic (exact) mass is 454 g/mol. The molecule has 0 saturated heterocycles. The standard InChI is InChI=1S/C22H22N4O5S/c1-13-17(14(2)31-25-13)10-26(3)22(28)16-5-4-8-23-21(16)32-11-20(27)24-15-6-7-18-19(9-15)30-12-29-18/h4-9H,10-12H2,1-3H3,(H,24,27). The summed E-state index contributed by atoms with van der Waals surface area (Å²) in [5.74, 6) is 1.60. The number of aromatic nitrogens is 2. The largest absolute Gasteiger partial charge is 0.454 e. The molecule has 1 aliphatic heterocycles. The van der Waals surface area contributed by atoms with Crippen LogP contribution in [0.2, 0.25) is 0 Å². The molecule has 3 heterocycles. The topological polar surface area (TPSA) is 107 Å². The number of aryl methyl sites for hydroxylation is 2. The SMILES string of the molecule is Cc1noc(C)c1CN(C)C(=O)c1cccnc1SCC(=O)Nc1ccc2c(c1)OCO2. The minimum atomic E-state index is -0.220. The van der Waals surface area contributed by atoms with Crippen LogP contribution in [0.1, 0.15) is 27.4 Å². The molecule has 0 radical (unpaired) electrons. The summed E-state index contributed by atoms with van der Waals surface area (Å²) in [6.45, 7) is 4.19. The smallest absolute Gasteiger partial charge is 0.256 e. The Kier molecular flexibility index (Phi) is 6.31. The Hall–Kier alpha value is -3.53. The molecule has 0 fully saturated rings. The van der Waals surface area contributed by atoms with Gasteiger partial charge in [-0.25, -0.2) is 4.98 Å². The van der Waals surface area contributed by atoms with Gasteiger partial charge in [-0.3, -0.25) is 9.59 Å². The van der Waals surface area contributed by atoms with Crippen molar-refractivity contribution in [2.75, 3.05) is 24.9 Å². The highest BCUT2D eigenvalue weighted by atomic mass is 32.2. The summed E-state index contributed by atoms with van der Waals surface area (Å²) < 4.78 is 15.8. The van der Waals surface area contributed by atoms with Crippen molar-refractivity contribution in [2.45, 2.75) is 25.4 Å². The average Bonchev–Trinajstić information content (AvgIpc) is 3.38. The van der Waals surface area contributed by atoms with Gasteiger partial charge in [-0.05, 0) is 38.1 Å². The normalized spacial score (nSPS) is 12.0. The second-order valence-corrected chi connectivity index (χ2v) is 8.19.